The van der Waals surface area contributed by atoms with E-state index < -0.39 is 5.97 Å². The van der Waals surface area contributed by atoms with Crippen LogP contribution < -0.4 is 9.84 Å². The molecule has 0 aromatic heterocycles. The van der Waals surface area contributed by atoms with Crippen molar-refractivity contribution < 1.29 is 14.6 Å². The molecule has 0 saturated carbocycles. The van der Waals surface area contributed by atoms with Gasteiger partial charge in [-0.3, -0.25) is 0 Å². The van der Waals surface area contributed by atoms with E-state index in [1.165, 1.54) is 0 Å². The molecule has 0 aliphatic heterocycles. The van der Waals surface area contributed by atoms with Gasteiger partial charge in [0.2, 0.25) is 0 Å². The molecule has 0 bridgehead atoms. The Morgan fingerprint density at radius 3 is 2.44 bits per heavy atom. The molecule has 3 nitrogen and oxygen atoms in total. The van der Waals surface area contributed by atoms with Crippen LogP contribution in [0.1, 0.15) is 43.6 Å². The van der Waals surface area contributed by atoms with Crippen molar-refractivity contribution in [2.24, 2.45) is 0 Å². The van der Waals surface area contributed by atoms with E-state index in [4.69, 9.17) is 4.74 Å². The van der Waals surface area contributed by atoms with Gasteiger partial charge in [-0.15, -0.1) is 0 Å². The largest absolute Gasteiger partial charge is 0.545 e. The molecule has 0 spiro atoms. The normalized spacial score (nSPS) is 11.2. The number of ether oxygens (including phenoxy) is 1. The Balaban J connectivity index is 3.22. The van der Waals surface area contributed by atoms with Crippen LogP contribution in [0, 0.1) is 0 Å². The highest BCUT2D eigenvalue weighted by Crippen LogP contribution is 2.28. The molecule has 0 radical (unpaired) electrons. The minimum Gasteiger partial charge on any atom is -0.545 e. The Bertz CT molecular complexity index is 389. The van der Waals surface area contributed by atoms with Crippen LogP contribution in [0.2, 0.25) is 0 Å². The second-order valence-electron chi connectivity index (χ2n) is 4.68. The molecule has 0 N–H and O–H groups in total. The van der Waals surface area contributed by atoms with Gasteiger partial charge in [0, 0.05) is 5.56 Å². The first-order chi connectivity index (χ1) is 7.36. The summed E-state index contributed by atoms with van der Waals surface area (Å²) in [5, 5.41) is 10.9. The van der Waals surface area contributed by atoms with E-state index >= 15 is 0 Å². The highest BCUT2D eigenvalue weighted by atomic mass is 16.5. The molecule has 1 aromatic carbocycles. The van der Waals surface area contributed by atoms with Gasteiger partial charge in [-0.05, 0) is 30.0 Å². The van der Waals surface area contributed by atoms with Gasteiger partial charge < -0.3 is 14.6 Å². The van der Waals surface area contributed by atoms with Gasteiger partial charge >= 0.3 is 0 Å². The molecule has 0 fully saturated rings. The number of carbonyl (C=O) groups excluding carboxylic acids is 1. The number of carbonyl (C=O) groups is 1. The Labute approximate surface area is 96.1 Å². The van der Waals surface area contributed by atoms with Gasteiger partial charge in [0.1, 0.15) is 5.75 Å². The molecule has 1 rings (SSSR count). The van der Waals surface area contributed by atoms with Gasteiger partial charge in [-0.1, -0.05) is 26.8 Å². The average Bonchev–Trinajstić information content (AvgIpc) is 2.16. The number of carboxylic acid groups (broad SMARTS) is 1. The number of hydrogen-bond acceptors (Lipinski definition) is 3. The van der Waals surface area contributed by atoms with Crippen LogP contribution >= 0.6 is 0 Å². The quantitative estimate of drug-likeness (QED) is 0.781. The molecule has 16 heavy (non-hydrogen) atoms. The molecule has 0 aliphatic rings. The van der Waals surface area contributed by atoms with Gasteiger partial charge in [-0.2, -0.15) is 0 Å². The summed E-state index contributed by atoms with van der Waals surface area (Å²) >= 11 is 0. The summed E-state index contributed by atoms with van der Waals surface area (Å²) in [7, 11) is 0. The van der Waals surface area contributed by atoms with E-state index in [0.29, 0.717) is 12.4 Å². The first-order valence-electron chi connectivity index (χ1n) is 5.35. The Kier molecular flexibility index (Phi) is 3.58. The van der Waals surface area contributed by atoms with E-state index in [9.17, 15) is 9.90 Å². The predicted molar refractivity (Wildman–Crippen MR) is 60.6 cm³/mol. The first kappa shape index (κ1) is 12.6. The summed E-state index contributed by atoms with van der Waals surface area (Å²) in [5.41, 5.74) is 1.12. The fraction of sp³-hybridized carbons (Fsp3) is 0.462. The number of carboxylic acids is 1. The second kappa shape index (κ2) is 4.56. The minimum atomic E-state index is -1.20. The lowest BCUT2D eigenvalue weighted by Gasteiger charge is -2.21. The summed E-state index contributed by atoms with van der Waals surface area (Å²) in [6, 6.07) is 5.11. The predicted octanol–water partition coefficient (Wildman–Crippen LogP) is 1.75. The van der Waals surface area contributed by atoms with E-state index in [0.717, 1.165) is 5.56 Å². The maximum atomic E-state index is 10.9. The van der Waals surface area contributed by atoms with Crippen molar-refractivity contribution in [1.82, 2.24) is 0 Å². The van der Waals surface area contributed by atoms with Crippen LogP contribution in [0.5, 0.6) is 5.75 Å². The fourth-order valence-electron chi connectivity index (χ4n) is 1.43. The van der Waals surface area contributed by atoms with Crippen LogP contribution in [-0.2, 0) is 5.41 Å². The van der Waals surface area contributed by atoms with Crippen molar-refractivity contribution in [1.29, 1.82) is 0 Å². The van der Waals surface area contributed by atoms with Crippen molar-refractivity contribution >= 4 is 5.97 Å². The van der Waals surface area contributed by atoms with Gasteiger partial charge in [0.05, 0.1) is 12.6 Å². The van der Waals surface area contributed by atoms with Crippen LogP contribution in [0.3, 0.4) is 0 Å². The molecule has 1 aromatic rings. The molecule has 3 heteroatoms. The van der Waals surface area contributed by atoms with Crippen molar-refractivity contribution in [3.05, 3.63) is 29.3 Å². The maximum absolute atomic E-state index is 10.9. The third-order valence-corrected chi connectivity index (χ3v) is 2.37. The monoisotopic (exact) mass is 221 g/mol. The van der Waals surface area contributed by atoms with E-state index in [1.54, 1.807) is 18.2 Å². The Morgan fingerprint density at radius 2 is 2.00 bits per heavy atom. The lowest BCUT2D eigenvalue weighted by atomic mass is 9.86. The molecule has 0 amide bonds. The molecule has 0 atom stereocenters. The van der Waals surface area contributed by atoms with Crippen molar-refractivity contribution in [2.75, 3.05) is 6.61 Å². The molecule has 88 valence electrons. The fourth-order valence-corrected chi connectivity index (χ4v) is 1.43. The number of hydrogen-bond donors (Lipinski definition) is 0. The van der Waals surface area contributed by atoms with Crippen LogP contribution in [0.15, 0.2) is 18.2 Å². The zero-order valence-corrected chi connectivity index (χ0v) is 10.2. The summed E-state index contributed by atoms with van der Waals surface area (Å²) in [6.45, 7) is 8.46. The number of rotatable bonds is 3. The summed E-state index contributed by atoms with van der Waals surface area (Å²) in [4.78, 5) is 10.9. The maximum Gasteiger partial charge on any atom is 0.128 e. The SMILES string of the molecule is CCOc1cc(C(C)(C)C)ccc1C(=O)[O-]. The lowest BCUT2D eigenvalue weighted by Crippen LogP contribution is -2.23. The highest BCUT2D eigenvalue weighted by Gasteiger charge is 2.16. The van der Waals surface area contributed by atoms with Gasteiger partial charge in [0.15, 0.2) is 0 Å². The van der Waals surface area contributed by atoms with Crippen molar-refractivity contribution in [3.63, 3.8) is 0 Å². The van der Waals surface area contributed by atoms with E-state index in [2.05, 4.69) is 20.8 Å². The molecular weight excluding hydrogens is 204 g/mol. The van der Waals surface area contributed by atoms with Gasteiger partial charge in [-0.25, -0.2) is 0 Å². The molecule has 0 aliphatic carbocycles. The van der Waals surface area contributed by atoms with Crippen molar-refractivity contribution in [3.8, 4) is 5.75 Å². The smallest absolute Gasteiger partial charge is 0.128 e. The third kappa shape index (κ3) is 2.75. The zero-order chi connectivity index (χ0) is 12.3. The van der Waals surface area contributed by atoms with Crippen LogP contribution in [0.4, 0.5) is 0 Å². The minimum absolute atomic E-state index is 0.0314. The average molecular weight is 221 g/mol. The van der Waals surface area contributed by atoms with Crippen LogP contribution in [-0.4, -0.2) is 12.6 Å². The summed E-state index contributed by atoms with van der Waals surface area (Å²) in [6.07, 6.45) is 0. The van der Waals surface area contributed by atoms with Crippen LogP contribution in [0.25, 0.3) is 0 Å². The third-order valence-electron chi connectivity index (χ3n) is 2.37. The second-order valence-corrected chi connectivity index (χ2v) is 4.68. The molecular formula is C13H17O3-. The standard InChI is InChI=1S/C13H18O3/c1-5-16-11-8-9(13(2,3)4)6-7-10(11)12(14)15/h6-8H,5H2,1-4H3,(H,14,15)/p-1. The van der Waals surface area contributed by atoms with E-state index in [1.807, 2.05) is 6.92 Å². The van der Waals surface area contributed by atoms with Gasteiger partial charge in [0.25, 0.3) is 0 Å². The Morgan fingerprint density at radius 1 is 1.38 bits per heavy atom. The molecule has 0 heterocycles. The van der Waals surface area contributed by atoms with E-state index in [-0.39, 0.29) is 11.0 Å². The first-order valence-corrected chi connectivity index (χ1v) is 5.35. The summed E-state index contributed by atoms with van der Waals surface area (Å²) < 4.78 is 5.31. The molecule has 0 unspecified atom stereocenters. The highest BCUT2D eigenvalue weighted by molar-refractivity contribution is 5.89. The Hall–Kier alpha value is -1.51. The summed E-state index contributed by atoms with van der Waals surface area (Å²) in [5.74, 6) is -0.821. The lowest BCUT2D eigenvalue weighted by molar-refractivity contribution is -0.255. The topological polar surface area (TPSA) is 49.4 Å². The number of aromatic carboxylic acids is 1. The number of benzene rings is 1. The molecule has 0 saturated heterocycles. The van der Waals surface area contributed by atoms with Crippen molar-refractivity contribution in [2.45, 2.75) is 33.1 Å². The zero-order valence-electron chi connectivity index (χ0n) is 10.2.